The molecule has 0 unspecified atom stereocenters. The summed E-state index contributed by atoms with van der Waals surface area (Å²) in [5, 5.41) is 75.1. The lowest BCUT2D eigenvalue weighted by Crippen LogP contribution is -2.33. The van der Waals surface area contributed by atoms with Gasteiger partial charge in [-0.3, -0.25) is 45.3 Å². The molecule has 0 aliphatic heterocycles. The molecule has 3 aromatic carbocycles. The van der Waals surface area contributed by atoms with E-state index in [1.54, 1.807) is 30.6 Å². The zero-order chi connectivity index (χ0) is 106. The van der Waals surface area contributed by atoms with Crippen LogP contribution in [0.15, 0.2) is 182 Å². The minimum atomic E-state index is -4.51. The molecule has 0 radical (unpaired) electrons. The lowest BCUT2D eigenvalue weighted by atomic mass is 9.95. The Hall–Kier alpha value is -11.3. The molecule has 4 saturated carbocycles. The summed E-state index contributed by atoms with van der Waals surface area (Å²) in [5.41, 5.74) is 4.16. The number of aliphatic hydroxyl groups excluding tert-OH is 4. The van der Waals surface area contributed by atoms with Crippen LogP contribution in [0.4, 0.5) is 51.1 Å². The fourth-order valence-corrected chi connectivity index (χ4v) is 20.2. The summed E-state index contributed by atoms with van der Waals surface area (Å²) in [7, 11) is -16.7. The molecule has 14 N–H and O–H groups in total. The second-order valence-corrected chi connectivity index (χ2v) is 42.4. The maximum absolute atomic E-state index is 14.9. The number of rotatable bonds is 36. The zero-order valence-corrected chi connectivity index (χ0v) is 83.3. The second-order valence-electron chi connectivity index (χ2n) is 34.6. The summed E-state index contributed by atoms with van der Waals surface area (Å²) < 4.78 is 234. The third kappa shape index (κ3) is 30.9. The van der Waals surface area contributed by atoms with Crippen molar-refractivity contribution in [2.75, 3.05) is 37.1 Å². The van der Waals surface area contributed by atoms with E-state index in [1.807, 2.05) is 35.8 Å². The Balaban J connectivity index is 0.000000163. The molecule has 40 nitrogen and oxygen atoms in total. The number of benzene rings is 3. The number of aryl methyl sites for hydroxylation is 1. The van der Waals surface area contributed by atoms with Crippen molar-refractivity contribution >= 4 is 126 Å². The van der Waals surface area contributed by atoms with E-state index in [9.17, 15) is 113 Å². The molecular formula is C89H92BrCl2F9N20O20S5. The van der Waals surface area contributed by atoms with Crippen molar-refractivity contribution in [1.82, 2.24) is 68.6 Å². The van der Waals surface area contributed by atoms with Gasteiger partial charge in [-0.2, -0.15) is 70.2 Å². The average molecular weight is 2240 g/mol. The van der Waals surface area contributed by atoms with E-state index in [1.165, 1.54) is 119 Å². The van der Waals surface area contributed by atoms with E-state index in [0.717, 1.165) is 33.9 Å². The predicted molar refractivity (Wildman–Crippen MR) is 509 cm³/mol. The number of nitrogens with one attached hydrogen (secondary N) is 2. The van der Waals surface area contributed by atoms with Crippen LogP contribution >= 0.6 is 50.5 Å². The van der Waals surface area contributed by atoms with E-state index in [2.05, 4.69) is 93.4 Å². The van der Waals surface area contributed by atoms with Crippen LogP contribution in [0, 0.1) is 48.2 Å². The van der Waals surface area contributed by atoms with E-state index >= 15 is 0 Å². The number of nitrogens with two attached hydrogens (primary N) is 4. The third-order valence-corrected chi connectivity index (χ3v) is 28.2. The monoisotopic (exact) mass is 2240 g/mol. The number of carbonyl (C=O) groups excluding carboxylic acids is 4. The van der Waals surface area contributed by atoms with E-state index in [-0.39, 0.29) is 149 Å². The summed E-state index contributed by atoms with van der Waals surface area (Å²) in [6, 6.07) is 23.9. The highest BCUT2D eigenvalue weighted by Gasteiger charge is 2.47. The highest BCUT2D eigenvalue weighted by atomic mass is 79.9. The SMILES string of the molecule is Cc1cc(C(=O)c2cncnc2N[C@@H]2C[C@H](COS(N)(=O)=O)[C@@H](O)[C@@H]2F)cn1Cc1cccc(Br)c1.NS(=O)(=O)OC[C@H]1C[C@@H](Cc2ncncc2C(=O)c2cc(Cl)n(Cc3cccc(C(F)(F)F)c3)c2)[C@@H](F)[C@@H]1O.NS(=O)(=O)OC[C@H]1C[C@@H](Cc2ncncc2C(=O)c2ccn(Cc3ccc(F)cc3Cl)n2)C[C@@H]1O.NS(=O)(=O)OC[C@H]1C[C@@H](Nc2ncncc2C(=O)c2ccn(Cc3ccc(C(F)(F)F)s3)n2)C[C@@H]1O. The zero-order valence-electron chi connectivity index (χ0n) is 76.1. The third-order valence-electron chi connectivity index (χ3n) is 24.1. The van der Waals surface area contributed by atoms with Gasteiger partial charge in [0, 0.05) is 124 Å². The van der Waals surface area contributed by atoms with Gasteiger partial charge in [0.2, 0.25) is 11.6 Å². The molecule has 9 aromatic heterocycles. The van der Waals surface area contributed by atoms with Gasteiger partial charge < -0.3 is 40.2 Å². The van der Waals surface area contributed by atoms with Crippen LogP contribution in [0.5, 0.6) is 0 Å². The number of hydrogen-bond donors (Lipinski definition) is 10. The van der Waals surface area contributed by atoms with Crippen molar-refractivity contribution in [2.24, 2.45) is 56.1 Å². The van der Waals surface area contributed by atoms with Crippen LogP contribution in [0.25, 0.3) is 0 Å². The smallest absolute Gasteiger partial charge is 0.393 e. The molecule has 0 bridgehead atoms. The number of anilines is 2. The quantitative estimate of drug-likeness (QED) is 0.0129. The number of carbonyl (C=O) groups is 4. The maximum atomic E-state index is 14.9. The van der Waals surface area contributed by atoms with Crippen LogP contribution in [0.3, 0.4) is 0 Å². The number of aromatic nitrogens is 14. The number of alkyl halides is 8. The number of nitrogens with zero attached hydrogens (tertiary/aromatic N) is 14. The van der Waals surface area contributed by atoms with Gasteiger partial charge in [0.15, 0.2) is 11.6 Å². The van der Waals surface area contributed by atoms with Gasteiger partial charge in [-0.15, -0.1) is 11.3 Å². The molecule has 0 amide bonds. The van der Waals surface area contributed by atoms with Gasteiger partial charge in [0.1, 0.15) is 76.5 Å². The molecule has 0 spiro atoms. The Morgan fingerprint density at radius 3 is 1.58 bits per heavy atom. The highest BCUT2D eigenvalue weighted by molar-refractivity contribution is 9.10. The largest absolute Gasteiger partial charge is 0.425 e. The van der Waals surface area contributed by atoms with Crippen molar-refractivity contribution in [3.63, 3.8) is 0 Å². The lowest BCUT2D eigenvalue weighted by Gasteiger charge is -2.18. The van der Waals surface area contributed by atoms with E-state index in [4.69, 9.17) is 43.8 Å². The molecule has 782 valence electrons. The number of hydrogen-bond acceptors (Lipinski definition) is 33. The molecule has 12 aromatic rings. The Morgan fingerprint density at radius 2 is 1.00 bits per heavy atom. The maximum Gasteiger partial charge on any atom is 0.425 e. The lowest BCUT2D eigenvalue weighted by molar-refractivity contribution is -0.137. The van der Waals surface area contributed by atoms with Crippen molar-refractivity contribution in [2.45, 2.75) is 146 Å². The Morgan fingerprint density at radius 1 is 0.507 bits per heavy atom. The summed E-state index contributed by atoms with van der Waals surface area (Å²) in [6.07, 6.45) is 1.46. The van der Waals surface area contributed by atoms with Gasteiger partial charge >= 0.3 is 53.6 Å². The molecule has 14 atom stereocenters. The molecular weight excluding hydrogens is 2150 g/mol. The van der Waals surface area contributed by atoms with Gasteiger partial charge in [-0.25, -0.2) is 73.6 Å². The van der Waals surface area contributed by atoms with E-state index < -0.39 is 167 Å². The number of thiophene rings is 1. The van der Waals surface area contributed by atoms with Crippen molar-refractivity contribution in [3.8, 4) is 0 Å². The summed E-state index contributed by atoms with van der Waals surface area (Å²) in [5.74, 6) is -5.28. The van der Waals surface area contributed by atoms with Gasteiger partial charge in [0.05, 0.1) is 109 Å². The first-order valence-electron chi connectivity index (χ1n) is 43.9. The first kappa shape index (κ1) is 112. The fourth-order valence-electron chi connectivity index (χ4n) is 17.0. The fraction of sp³-hybridized carbons (Fsp3) is 0.371. The van der Waals surface area contributed by atoms with Crippen molar-refractivity contribution in [3.05, 3.63) is 292 Å². The average Bonchev–Trinajstić information content (AvgIpc) is 1.66. The number of ketones is 4. The summed E-state index contributed by atoms with van der Waals surface area (Å²) in [4.78, 5) is 85.0. The molecule has 16 rings (SSSR count). The molecule has 0 saturated heterocycles. The van der Waals surface area contributed by atoms with Gasteiger partial charge in [-0.1, -0.05) is 69.5 Å². The van der Waals surface area contributed by atoms with Crippen LogP contribution in [0.2, 0.25) is 10.2 Å². The molecule has 9 heterocycles. The molecule has 4 aliphatic rings. The van der Waals surface area contributed by atoms with Gasteiger partial charge in [0.25, 0.3) is 0 Å². The van der Waals surface area contributed by atoms with Crippen LogP contribution in [0.1, 0.15) is 152 Å². The van der Waals surface area contributed by atoms with Crippen LogP contribution in [-0.2, 0) is 109 Å². The first-order chi connectivity index (χ1) is 68.7. The summed E-state index contributed by atoms with van der Waals surface area (Å²) >= 11 is 16.4. The Kier molecular flexibility index (Phi) is 36.7. The molecule has 4 aliphatic carbocycles. The topological polar surface area (TPSA) is 599 Å². The van der Waals surface area contributed by atoms with Crippen molar-refractivity contribution in [1.29, 1.82) is 0 Å². The minimum Gasteiger partial charge on any atom is -0.393 e. The molecule has 4 fully saturated rings. The van der Waals surface area contributed by atoms with Crippen molar-refractivity contribution < 1.29 is 130 Å². The highest BCUT2D eigenvalue weighted by Crippen LogP contribution is 2.41. The molecule has 146 heavy (non-hydrogen) atoms. The Bertz CT molecular complexity index is 7190. The number of aliphatic hydroxyl groups is 4. The second kappa shape index (κ2) is 47.9. The molecule has 57 heteroatoms. The standard InChI is InChI=1S/C24H23ClF4N4O5S.C23H25BrFN5O5S.C22H23ClFN5O5S.C20H21F3N6O5S2/c25-20-7-15(10-33(20)9-13-2-1-3-17(4-13)24(27,28)29)22(34)18-8-31-12-32-19(18)6-14-5-16(23(35)21(14)26)11-38-39(30,36)37;1-13-5-15(10-30(13)9-14-3-2-4-17(24)6-14)21(31)18-8-27-12-28-23(18)29-19-7-16(22(32)20(19)25)11-35-36(26,33)34;23-18-8-16(24)2-1-14(18)10-29-4-3-19(28-29)22(31)17-9-26-12-27-20(17)6-13-5-15(21(30)7-13)11-34-35(25,32)33;21-20(22,23)17-2-1-13(35-17)8-29-4-3-15(28-29)18(31)14-7-25-10-26-19(14)27-12-5-11(16(30)6-12)9-34-36(24,32)33/h1-4,7-8,10,12,14,16,21,23,35H,5-6,9,11H2,(H2,30,36,37);2-6,8,10,12,16,19-20,22,32H,7,9,11H2,1H3,(H2,26,33,34)(H,27,28,29);1-4,8-9,12-13,15,21,30H,5-7,10-11H2,(H2,25,32,33);1-4,7,10-12,16,30H,5-6,8-9H2,(H2,24,32,33)(H,25,26,27)/t14-,16+,21+,23+;16-,19-,20-,22-;13-,15+,21-;11-,12-,16+/m0101/s1. The van der Waals surface area contributed by atoms with E-state index in [0.29, 0.717) is 70.8 Å². The predicted octanol–water partition coefficient (Wildman–Crippen LogP) is 9.37. The van der Waals surface area contributed by atoms with Crippen LogP contribution in [-0.4, -0.2) is 221 Å². The normalized spacial score (nSPS) is 21.2. The first-order valence-corrected chi connectivity index (χ1v) is 52.2. The van der Waals surface area contributed by atoms with Gasteiger partial charge in [-0.05, 0) is 160 Å². The summed E-state index contributed by atoms with van der Waals surface area (Å²) in [6.45, 7) is 1.32. The minimum absolute atomic E-state index is 0.0281. The Labute approximate surface area is 850 Å². The number of halogens is 12. The van der Waals surface area contributed by atoms with Crippen LogP contribution < -0.4 is 31.2 Å².